The summed E-state index contributed by atoms with van der Waals surface area (Å²) in [6.45, 7) is 7.01. The van der Waals surface area contributed by atoms with Crippen LogP contribution in [0.1, 0.15) is 23.9 Å². The Bertz CT molecular complexity index is 558. The predicted octanol–water partition coefficient (Wildman–Crippen LogP) is 2.62. The van der Waals surface area contributed by atoms with E-state index in [1.807, 2.05) is 45.0 Å². The van der Waals surface area contributed by atoms with Crippen LogP contribution in [0, 0.1) is 13.8 Å². The summed E-state index contributed by atoms with van der Waals surface area (Å²) >= 11 is 0. The molecule has 100 valence electrons. The number of hydrogen-bond donors (Lipinski definition) is 1. The molecule has 4 heteroatoms. The van der Waals surface area contributed by atoms with Crippen molar-refractivity contribution in [2.45, 2.75) is 27.3 Å². The maximum atomic E-state index is 5.70. The molecule has 0 saturated carbocycles. The largest absolute Gasteiger partial charge is 0.494 e. The molecule has 0 saturated heterocycles. The molecule has 0 spiro atoms. The lowest BCUT2D eigenvalue weighted by Gasteiger charge is -2.10. The molecule has 0 unspecified atom stereocenters. The Morgan fingerprint density at radius 3 is 2.42 bits per heavy atom. The van der Waals surface area contributed by atoms with Crippen molar-refractivity contribution >= 4 is 0 Å². The summed E-state index contributed by atoms with van der Waals surface area (Å²) in [5.41, 5.74) is 9.55. The lowest BCUT2D eigenvalue weighted by Crippen LogP contribution is -2.07. The highest BCUT2D eigenvalue weighted by atomic mass is 16.5. The summed E-state index contributed by atoms with van der Waals surface area (Å²) in [7, 11) is 0. The van der Waals surface area contributed by atoms with E-state index in [2.05, 4.69) is 9.97 Å². The number of aryl methyl sites for hydroxylation is 2. The fourth-order valence-corrected chi connectivity index (χ4v) is 2.06. The first-order valence-electron chi connectivity index (χ1n) is 6.43. The topological polar surface area (TPSA) is 61.0 Å². The van der Waals surface area contributed by atoms with Crippen LogP contribution in [0.15, 0.2) is 24.3 Å². The van der Waals surface area contributed by atoms with Crippen molar-refractivity contribution in [2.24, 2.45) is 5.73 Å². The molecule has 0 amide bonds. The monoisotopic (exact) mass is 257 g/mol. The van der Waals surface area contributed by atoms with E-state index in [0.29, 0.717) is 19.0 Å². The highest BCUT2D eigenvalue weighted by Gasteiger charge is 2.09. The van der Waals surface area contributed by atoms with Gasteiger partial charge in [-0.3, -0.25) is 0 Å². The van der Waals surface area contributed by atoms with Crippen molar-refractivity contribution in [2.75, 3.05) is 6.61 Å². The number of hydrogen-bond acceptors (Lipinski definition) is 4. The average Bonchev–Trinajstić information content (AvgIpc) is 2.39. The number of rotatable bonds is 4. The van der Waals surface area contributed by atoms with E-state index >= 15 is 0 Å². The molecule has 0 fully saturated rings. The Kier molecular flexibility index (Phi) is 4.12. The standard InChI is InChI=1S/C15H19N3O/c1-4-19-13-7-5-6-12(8-13)15-17-10(2)14(9-16)11(3)18-15/h5-8H,4,9,16H2,1-3H3. The summed E-state index contributed by atoms with van der Waals surface area (Å²) in [4.78, 5) is 9.06. The van der Waals surface area contributed by atoms with E-state index < -0.39 is 0 Å². The summed E-state index contributed by atoms with van der Waals surface area (Å²) in [5, 5.41) is 0. The second-order valence-electron chi connectivity index (χ2n) is 4.36. The number of nitrogens with two attached hydrogens (primary N) is 1. The van der Waals surface area contributed by atoms with Crippen LogP contribution < -0.4 is 10.5 Å². The van der Waals surface area contributed by atoms with Gasteiger partial charge in [-0.1, -0.05) is 12.1 Å². The first kappa shape index (κ1) is 13.5. The smallest absolute Gasteiger partial charge is 0.159 e. The number of aromatic nitrogens is 2. The van der Waals surface area contributed by atoms with Gasteiger partial charge < -0.3 is 10.5 Å². The molecular weight excluding hydrogens is 238 g/mol. The van der Waals surface area contributed by atoms with Gasteiger partial charge in [0.25, 0.3) is 0 Å². The van der Waals surface area contributed by atoms with Crippen LogP contribution in [-0.2, 0) is 6.54 Å². The van der Waals surface area contributed by atoms with Crippen LogP contribution in [0.25, 0.3) is 11.4 Å². The van der Waals surface area contributed by atoms with Gasteiger partial charge in [-0.05, 0) is 32.9 Å². The molecule has 0 aliphatic rings. The molecule has 2 N–H and O–H groups in total. The molecule has 1 aromatic heterocycles. The van der Waals surface area contributed by atoms with Crippen LogP contribution in [-0.4, -0.2) is 16.6 Å². The van der Waals surface area contributed by atoms with Crippen molar-refractivity contribution in [3.8, 4) is 17.1 Å². The first-order valence-corrected chi connectivity index (χ1v) is 6.43. The minimum absolute atomic E-state index is 0.469. The van der Waals surface area contributed by atoms with Gasteiger partial charge in [0.05, 0.1) is 6.61 Å². The first-order chi connectivity index (χ1) is 9.15. The van der Waals surface area contributed by atoms with Gasteiger partial charge in [-0.2, -0.15) is 0 Å². The van der Waals surface area contributed by atoms with Crippen LogP contribution in [0.3, 0.4) is 0 Å². The van der Waals surface area contributed by atoms with E-state index in [1.165, 1.54) is 0 Å². The van der Waals surface area contributed by atoms with Crippen molar-refractivity contribution in [1.29, 1.82) is 0 Å². The summed E-state index contributed by atoms with van der Waals surface area (Å²) in [5.74, 6) is 1.55. The highest BCUT2D eigenvalue weighted by Crippen LogP contribution is 2.22. The molecule has 1 heterocycles. The van der Waals surface area contributed by atoms with Crippen LogP contribution >= 0.6 is 0 Å². The lowest BCUT2D eigenvalue weighted by molar-refractivity contribution is 0.340. The van der Waals surface area contributed by atoms with E-state index in [1.54, 1.807) is 0 Å². The molecule has 0 aliphatic carbocycles. The third-order valence-corrected chi connectivity index (χ3v) is 3.03. The highest BCUT2D eigenvalue weighted by molar-refractivity contribution is 5.58. The van der Waals surface area contributed by atoms with Crippen LogP contribution in [0.4, 0.5) is 0 Å². The Balaban J connectivity index is 2.44. The fourth-order valence-electron chi connectivity index (χ4n) is 2.06. The predicted molar refractivity (Wildman–Crippen MR) is 76.0 cm³/mol. The zero-order chi connectivity index (χ0) is 13.8. The number of nitrogens with zero attached hydrogens (tertiary/aromatic N) is 2. The summed E-state index contributed by atoms with van der Waals surface area (Å²) in [6.07, 6.45) is 0. The van der Waals surface area contributed by atoms with E-state index in [9.17, 15) is 0 Å². The Hall–Kier alpha value is -1.94. The second kappa shape index (κ2) is 5.80. The quantitative estimate of drug-likeness (QED) is 0.914. The molecule has 0 aliphatic heterocycles. The average molecular weight is 257 g/mol. The van der Waals surface area contributed by atoms with Gasteiger partial charge in [0.15, 0.2) is 5.82 Å². The molecule has 0 radical (unpaired) electrons. The maximum absolute atomic E-state index is 5.70. The maximum Gasteiger partial charge on any atom is 0.159 e. The third kappa shape index (κ3) is 2.90. The molecule has 1 aromatic carbocycles. The molecule has 0 bridgehead atoms. The minimum atomic E-state index is 0.469. The van der Waals surface area contributed by atoms with Gasteiger partial charge in [-0.15, -0.1) is 0 Å². The van der Waals surface area contributed by atoms with Crippen molar-refractivity contribution in [3.05, 3.63) is 41.2 Å². The van der Waals surface area contributed by atoms with Crippen LogP contribution in [0.5, 0.6) is 5.75 Å². The van der Waals surface area contributed by atoms with Gasteiger partial charge >= 0.3 is 0 Å². The van der Waals surface area contributed by atoms with Crippen LogP contribution in [0.2, 0.25) is 0 Å². The molecule has 0 atom stereocenters. The Morgan fingerprint density at radius 2 is 1.84 bits per heavy atom. The second-order valence-corrected chi connectivity index (χ2v) is 4.36. The van der Waals surface area contributed by atoms with Crippen molar-refractivity contribution in [3.63, 3.8) is 0 Å². The number of ether oxygens (including phenoxy) is 1. The Labute approximate surface area is 113 Å². The summed E-state index contributed by atoms with van der Waals surface area (Å²) < 4.78 is 5.50. The SMILES string of the molecule is CCOc1cccc(-c2nc(C)c(CN)c(C)n2)c1. The van der Waals surface area contributed by atoms with Gasteiger partial charge in [0.1, 0.15) is 5.75 Å². The van der Waals surface area contributed by atoms with Crippen molar-refractivity contribution < 1.29 is 4.74 Å². The zero-order valence-electron chi connectivity index (χ0n) is 11.6. The fraction of sp³-hybridized carbons (Fsp3) is 0.333. The molecule has 4 nitrogen and oxygen atoms in total. The van der Waals surface area contributed by atoms with E-state index in [-0.39, 0.29) is 0 Å². The van der Waals surface area contributed by atoms with E-state index in [0.717, 1.165) is 28.3 Å². The zero-order valence-corrected chi connectivity index (χ0v) is 11.6. The molecular formula is C15H19N3O. The van der Waals surface area contributed by atoms with Gasteiger partial charge in [0, 0.05) is 29.1 Å². The Morgan fingerprint density at radius 1 is 1.16 bits per heavy atom. The summed E-state index contributed by atoms with van der Waals surface area (Å²) in [6, 6.07) is 7.82. The van der Waals surface area contributed by atoms with Crippen molar-refractivity contribution in [1.82, 2.24) is 9.97 Å². The molecule has 2 rings (SSSR count). The molecule has 2 aromatic rings. The number of benzene rings is 1. The van der Waals surface area contributed by atoms with Gasteiger partial charge in [-0.25, -0.2) is 9.97 Å². The minimum Gasteiger partial charge on any atom is -0.494 e. The van der Waals surface area contributed by atoms with Gasteiger partial charge in [0.2, 0.25) is 0 Å². The lowest BCUT2D eigenvalue weighted by atomic mass is 10.1. The molecule has 19 heavy (non-hydrogen) atoms. The normalized spacial score (nSPS) is 10.5. The van der Waals surface area contributed by atoms with E-state index in [4.69, 9.17) is 10.5 Å². The third-order valence-electron chi connectivity index (χ3n) is 3.03.